The molecule has 4 nitrogen and oxygen atoms in total. The maximum atomic E-state index is 9.05. The van der Waals surface area contributed by atoms with Crippen LogP contribution in [-0.2, 0) is 0 Å². The Bertz CT molecular complexity index is 158. The topological polar surface area (TPSA) is 80.9 Å². The van der Waals surface area contributed by atoms with Gasteiger partial charge >= 0.3 is 0 Å². The lowest BCUT2D eigenvalue weighted by atomic mass is 10.0. The van der Waals surface area contributed by atoms with Crippen molar-refractivity contribution in [3.8, 4) is 0 Å². The minimum atomic E-state index is -0.590. The van der Waals surface area contributed by atoms with Crippen LogP contribution in [0.1, 0.15) is 54.9 Å². The Morgan fingerprint density at radius 1 is 0.778 bits per heavy atom. The van der Waals surface area contributed by atoms with E-state index < -0.39 is 18.3 Å². The largest absolute Gasteiger partial charge is 0.394 e. The molecule has 0 heterocycles. The highest BCUT2D eigenvalue weighted by molar-refractivity contribution is 4.63. The molecule has 3 atom stereocenters. The summed E-state index contributed by atoms with van der Waals surface area (Å²) in [6.07, 6.45) is -0.291. The van der Waals surface area contributed by atoms with E-state index in [2.05, 4.69) is 0 Å². The lowest BCUT2D eigenvalue weighted by Crippen LogP contribution is -2.23. The summed E-state index contributed by atoms with van der Waals surface area (Å²) in [7, 11) is 0. The normalized spacial score (nSPS) is 15.5. The van der Waals surface area contributed by atoms with Crippen molar-refractivity contribution in [2.45, 2.75) is 73.2 Å². The first-order valence-corrected chi connectivity index (χ1v) is 6.35. The zero-order valence-corrected chi connectivity index (χ0v) is 11.8. The molecule has 0 spiro atoms. The first-order chi connectivity index (χ1) is 7.70. The molecule has 0 aromatic rings. The van der Waals surface area contributed by atoms with Gasteiger partial charge in [-0.1, -0.05) is 35.1 Å². The van der Waals surface area contributed by atoms with E-state index in [4.69, 9.17) is 20.4 Å². The lowest BCUT2D eigenvalue weighted by Gasteiger charge is -2.14. The fourth-order valence-corrected chi connectivity index (χ4v) is 1.30. The monoisotopic (exact) mass is 266 g/mol. The van der Waals surface area contributed by atoms with Crippen molar-refractivity contribution in [2.24, 2.45) is 11.8 Å². The quantitative estimate of drug-likeness (QED) is 0.591. The van der Waals surface area contributed by atoms with Crippen LogP contribution in [0.15, 0.2) is 0 Å². The molecular weight excluding hydrogens is 232 g/mol. The Morgan fingerprint density at radius 3 is 1.28 bits per heavy atom. The molecule has 18 heavy (non-hydrogen) atoms. The molecule has 0 unspecified atom stereocenters. The molecule has 0 aliphatic heterocycles. The summed E-state index contributed by atoms with van der Waals surface area (Å²) >= 11 is 0. The van der Waals surface area contributed by atoms with Crippen LogP contribution in [0.5, 0.6) is 0 Å². The Kier molecular flexibility index (Phi) is 16.9. The second-order valence-corrected chi connectivity index (χ2v) is 5.40. The maximum Gasteiger partial charge on any atom is 0.0798 e. The van der Waals surface area contributed by atoms with Crippen molar-refractivity contribution in [1.29, 1.82) is 0 Å². The molecule has 0 aromatic carbocycles. The SMILES string of the molecule is C.CC(C)C[C@@H](O)CO.CC(C)C[C@H](O)[C@H](C)O. The highest BCUT2D eigenvalue weighted by Crippen LogP contribution is 2.06. The van der Waals surface area contributed by atoms with Gasteiger partial charge in [-0.3, -0.25) is 0 Å². The third-order valence-corrected chi connectivity index (χ3v) is 2.22. The molecule has 0 bridgehead atoms. The Balaban J connectivity index is -0.000000238. The molecule has 0 saturated heterocycles. The van der Waals surface area contributed by atoms with Gasteiger partial charge in [0.25, 0.3) is 0 Å². The predicted octanol–water partition coefficient (Wildman–Crippen LogP) is 1.80. The van der Waals surface area contributed by atoms with Crippen molar-refractivity contribution in [2.75, 3.05) is 6.61 Å². The van der Waals surface area contributed by atoms with Crippen LogP contribution in [0.25, 0.3) is 0 Å². The molecule has 0 saturated carbocycles. The van der Waals surface area contributed by atoms with Gasteiger partial charge in [0, 0.05) is 0 Å². The van der Waals surface area contributed by atoms with Crippen LogP contribution >= 0.6 is 0 Å². The summed E-state index contributed by atoms with van der Waals surface area (Å²) in [4.78, 5) is 0. The Labute approximate surface area is 113 Å². The molecule has 4 heteroatoms. The highest BCUT2D eigenvalue weighted by atomic mass is 16.3. The summed E-state index contributed by atoms with van der Waals surface area (Å²) in [5, 5.41) is 35.0. The first kappa shape index (κ1) is 23.0. The summed E-state index contributed by atoms with van der Waals surface area (Å²) < 4.78 is 0. The van der Waals surface area contributed by atoms with Gasteiger partial charge in [-0.25, -0.2) is 0 Å². The summed E-state index contributed by atoms with van der Waals surface area (Å²) in [5.74, 6) is 0.923. The van der Waals surface area contributed by atoms with Gasteiger partial charge in [-0.05, 0) is 31.6 Å². The molecule has 0 rings (SSSR count). The minimum absolute atomic E-state index is 0. The number of hydrogen-bond acceptors (Lipinski definition) is 4. The van der Waals surface area contributed by atoms with E-state index in [0.29, 0.717) is 24.7 Å². The van der Waals surface area contributed by atoms with E-state index in [1.807, 2.05) is 27.7 Å². The Morgan fingerprint density at radius 2 is 1.17 bits per heavy atom. The average molecular weight is 266 g/mol. The fraction of sp³-hybridized carbons (Fsp3) is 1.00. The van der Waals surface area contributed by atoms with Gasteiger partial charge in [0.2, 0.25) is 0 Å². The van der Waals surface area contributed by atoms with E-state index in [-0.39, 0.29) is 14.0 Å². The summed E-state index contributed by atoms with van der Waals surface area (Å²) in [6, 6.07) is 0. The molecule has 0 aliphatic carbocycles. The van der Waals surface area contributed by atoms with E-state index in [1.165, 1.54) is 0 Å². The molecule has 0 radical (unpaired) electrons. The van der Waals surface area contributed by atoms with Gasteiger partial charge in [-0.15, -0.1) is 0 Å². The highest BCUT2D eigenvalue weighted by Gasteiger charge is 2.11. The zero-order chi connectivity index (χ0) is 14.0. The van der Waals surface area contributed by atoms with E-state index >= 15 is 0 Å². The predicted molar refractivity (Wildman–Crippen MR) is 76.4 cm³/mol. The van der Waals surface area contributed by atoms with Crippen LogP contribution in [0.3, 0.4) is 0 Å². The van der Waals surface area contributed by atoms with E-state index in [9.17, 15) is 0 Å². The fourth-order valence-electron chi connectivity index (χ4n) is 1.30. The molecular formula is C14H34O4. The number of aliphatic hydroxyl groups excluding tert-OH is 4. The molecule has 0 fully saturated rings. The standard InChI is InChI=1S/C7H16O2.C6H14O2.CH4/c1-5(2)4-7(9)6(3)8;1-5(2)3-6(8)4-7;/h5-9H,4H2,1-3H3;5-8H,3-4H2,1-2H3;1H4/t6-,7-;6-;/m01./s1. The smallest absolute Gasteiger partial charge is 0.0798 e. The minimum Gasteiger partial charge on any atom is -0.394 e. The van der Waals surface area contributed by atoms with Crippen molar-refractivity contribution < 1.29 is 20.4 Å². The first-order valence-electron chi connectivity index (χ1n) is 6.35. The van der Waals surface area contributed by atoms with E-state index in [0.717, 1.165) is 0 Å². The van der Waals surface area contributed by atoms with Crippen molar-refractivity contribution in [3.63, 3.8) is 0 Å². The molecule has 0 aromatic heterocycles. The molecule has 4 N–H and O–H groups in total. The van der Waals surface area contributed by atoms with Gasteiger partial charge in [0.15, 0.2) is 0 Å². The average Bonchev–Trinajstić information content (AvgIpc) is 2.16. The van der Waals surface area contributed by atoms with Gasteiger partial charge in [0.1, 0.15) is 0 Å². The molecule has 0 aliphatic rings. The lowest BCUT2D eigenvalue weighted by molar-refractivity contribution is 0.0188. The van der Waals surface area contributed by atoms with Gasteiger partial charge < -0.3 is 20.4 Å². The van der Waals surface area contributed by atoms with Crippen LogP contribution in [0.4, 0.5) is 0 Å². The number of hydrogen-bond donors (Lipinski definition) is 4. The molecule has 114 valence electrons. The second kappa shape index (κ2) is 13.3. The van der Waals surface area contributed by atoms with Gasteiger partial charge in [-0.2, -0.15) is 0 Å². The van der Waals surface area contributed by atoms with Gasteiger partial charge in [0.05, 0.1) is 24.9 Å². The molecule has 0 amide bonds. The maximum absolute atomic E-state index is 9.05. The van der Waals surface area contributed by atoms with Crippen LogP contribution in [0, 0.1) is 11.8 Å². The van der Waals surface area contributed by atoms with Crippen molar-refractivity contribution in [1.82, 2.24) is 0 Å². The Hall–Kier alpha value is -0.160. The summed E-state index contributed by atoms with van der Waals surface area (Å²) in [6.45, 7) is 9.56. The zero-order valence-electron chi connectivity index (χ0n) is 11.8. The van der Waals surface area contributed by atoms with E-state index in [1.54, 1.807) is 6.92 Å². The van der Waals surface area contributed by atoms with Crippen molar-refractivity contribution >= 4 is 0 Å². The number of aliphatic hydroxyl groups is 4. The van der Waals surface area contributed by atoms with Crippen LogP contribution < -0.4 is 0 Å². The van der Waals surface area contributed by atoms with Crippen LogP contribution in [-0.4, -0.2) is 45.3 Å². The number of rotatable bonds is 6. The van der Waals surface area contributed by atoms with Crippen LogP contribution in [0.2, 0.25) is 0 Å². The second-order valence-electron chi connectivity index (χ2n) is 5.40. The summed E-state index contributed by atoms with van der Waals surface area (Å²) in [5.41, 5.74) is 0. The van der Waals surface area contributed by atoms with Crippen molar-refractivity contribution in [3.05, 3.63) is 0 Å². The third-order valence-electron chi connectivity index (χ3n) is 2.22. The third kappa shape index (κ3) is 18.2.